The quantitative estimate of drug-likeness (QED) is 0.412. The Balaban J connectivity index is 1.99. The van der Waals surface area contributed by atoms with Crippen LogP contribution in [0.25, 0.3) is 5.57 Å². The second-order valence-electron chi connectivity index (χ2n) is 9.10. The number of aryl methyl sites for hydroxylation is 1. The number of halogens is 3. The van der Waals surface area contributed by atoms with E-state index in [2.05, 4.69) is 35.9 Å². The summed E-state index contributed by atoms with van der Waals surface area (Å²) in [7, 11) is 2.04. The van der Waals surface area contributed by atoms with Gasteiger partial charge in [0, 0.05) is 18.9 Å². The fourth-order valence-corrected chi connectivity index (χ4v) is 4.94. The van der Waals surface area contributed by atoms with Crippen molar-refractivity contribution in [2.24, 2.45) is 5.92 Å². The minimum absolute atomic E-state index is 0.130. The summed E-state index contributed by atoms with van der Waals surface area (Å²) in [4.78, 5) is 6.61. The zero-order valence-electron chi connectivity index (χ0n) is 19.7. The minimum atomic E-state index is -4.33. The largest absolute Gasteiger partial charge is 0.416 e. The summed E-state index contributed by atoms with van der Waals surface area (Å²) >= 11 is 0. The van der Waals surface area contributed by atoms with Crippen molar-refractivity contribution >= 4 is 5.57 Å². The Hall–Kier alpha value is -2.14. The van der Waals surface area contributed by atoms with Crippen LogP contribution in [0.2, 0.25) is 0 Å². The SMILES string of the molecule is CCCCC(CCC)CC1=CCN(C)C(c2ccc(C(F)(F)F)cc2C)c2cnccc21. The van der Waals surface area contributed by atoms with Crippen molar-refractivity contribution in [2.45, 2.75) is 71.5 Å². The maximum absolute atomic E-state index is 13.2. The van der Waals surface area contributed by atoms with Crippen LogP contribution in [0.3, 0.4) is 0 Å². The molecular formula is C27H35F3N2. The molecule has 5 heteroatoms. The number of pyridine rings is 1. The summed E-state index contributed by atoms with van der Waals surface area (Å²) in [5, 5.41) is 0. The van der Waals surface area contributed by atoms with Crippen LogP contribution in [0.5, 0.6) is 0 Å². The van der Waals surface area contributed by atoms with Crippen molar-refractivity contribution in [1.29, 1.82) is 0 Å². The third-order valence-corrected chi connectivity index (χ3v) is 6.62. The molecule has 3 rings (SSSR count). The fraction of sp³-hybridized carbons (Fsp3) is 0.519. The molecule has 0 spiro atoms. The minimum Gasteiger partial charge on any atom is -0.292 e. The summed E-state index contributed by atoms with van der Waals surface area (Å²) in [5.74, 6) is 0.655. The molecule has 0 saturated carbocycles. The highest BCUT2D eigenvalue weighted by molar-refractivity contribution is 5.70. The molecule has 0 fully saturated rings. The van der Waals surface area contributed by atoms with E-state index in [1.54, 1.807) is 13.0 Å². The predicted molar refractivity (Wildman–Crippen MR) is 125 cm³/mol. The first-order valence-electron chi connectivity index (χ1n) is 11.8. The molecule has 0 radical (unpaired) electrons. The molecule has 174 valence electrons. The number of nitrogens with zero attached hydrogens (tertiary/aromatic N) is 2. The van der Waals surface area contributed by atoms with Gasteiger partial charge in [-0.15, -0.1) is 0 Å². The van der Waals surface area contributed by atoms with E-state index < -0.39 is 11.7 Å². The lowest BCUT2D eigenvalue weighted by molar-refractivity contribution is -0.137. The Morgan fingerprint density at radius 1 is 1.09 bits per heavy atom. The zero-order valence-corrected chi connectivity index (χ0v) is 19.7. The molecule has 2 aromatic rings. The Kier molecular flexibility index (Phi) is 8.16. The van der Waals surface area contributed by atoms with Crippen LogP contribution >= 0.6 is 0 Å². The van der Waals surface area contributed by atoms with E-state index in [1.807, 2.05) is 19.4 Å². The molecule has 0 N–H and O–H groups in total. The number of fused-ring (bicyclic) bond motifs is 1. The molecule has 1 aromatic carbocycles. The first-order valence-corrected chi connectivity index (χ1v) is 11.8. The number of benzene rings is 1. The Labute approximate surface area is 190 Å². The molecule has 1 aliphatic heterocycles. The van der Waals surface area contributed by atoms with Crippen LogP contribution in [0.15, 0.2) is 42.7 Å². The van der Waals surface area contributed by atoms with Gasteiger partial charge < -0.3 is 0 Å². The van der Waals surface area contributed by atoms with Gasteiger partial charge >= 0.3 is 6.18 Å². The molecule has 0 bridgehead atoms. The van der Waals surface area contributed by atoms with Crippen LogP contribution in [0.4, 0.5) is 13.2 Å². The van der Waals surface area contributed by atoms with E-state index in [-0.39, 0.29) is 6.04 Å². The first kappa shape index (κ1) is 24.5. The van der Waals surface area contributed by atoms with E-state index >= 15 is 0 Å². The second kappa shape index (κ2) is 10.7. The van der Waals surface area contributed by atoms with Crippen molar-refractivity contribution in [3.8, 4) is 0 Å². The standard InChI is InChI=1S/C27H35F3N2/c1-5-7-9-20(8-6-2)17-21-13-15-32(4)26(25-18-31-14-12-24(21)25)23-11-10-22(16-19(23)3)27(28,29)30/h10-14,16,18,20,26H,5-9,15,17H2,1-4H3. The summed E-state index contributed by atoms with van der Waals surface area (Å²) in [6, 6.07) is 6.06. The van der Waals surface area contributed by atoms with Gasteiger partial charge in [0.2, 0.25) is 0 Å². The van der Waals surface area contributed by atoms with E-state index in [1.165, 1.54) is 55.4 Å². The summed E-state index contributed by atoms with van der Waals surface area (Å²) in [6.07, 6.45) is 8.83. The van der Waals surface area contributed by atoms with Crippen LogP contribution in [-0.2, 0) is 6.18 Å². The molecular weight excluding hydrogens is 409 g/mol. The van der Waals surface area contributed by atoms with Crippen molar-refractivity contribution < 1.29 is 13.2 Å². The van der Waals surface area contributed by atoms with Gasteiger partial charge in [-0.25, -0.2) is 0 Å². The van der Waals surface area contributed by atoms with Gasteiger partial charge in [0.15, 0.2) is 0 Å². The molecule has 32 heavy (non-hydrogen) atoms. The highest BCUT2D eigenvalue weighted by Crippen LogP contribution is 2.40. The molecule has 0 aliphatic carbocycles. The fourth-order valence-electron chi connectivity index (χ4n) is 4.94. The van der Waals surface area contributed by atoms with Gasteiger partial charge in [0.1, 0.15) is 0 Å². The normalized spacial score (nSPS) is 18.1. The third kappa shape index (κ3) is 5.61. The Bertz CT molecular complexity index is 933. The number of hydrogen-bond donors (Lipinski definition) is 0. The molecule has 1 aromatic heterocycles. The van der Waals surface area contributed by atoms with Crippen molar-refractivity contribution in [3.63, 3.8) is 0 Å². The second-order valence-corrected chi connectivity index (χ2v) is 9.10. The van der Waals surface area contributed by atoms with Crippen LogP contribution in [0, 0.1) is 12.8 Å². The van der Waals surface area contributed by atoms with Crippen LogP contribution < -0.4 is 0 Å². The highest BCUT2D eigenvalue weighted by Gasteiger charge is 2.33. The zero-order chi connectivity index (χ0) is 23.3. The number of unbranched alkanes of at least 4 members (excludes halogenated alkanes) is 1. The van der Waals surface area contributed by atoms with Crippen molar-refractivity contribution in [3.05, 3.63) is 70.6 Å². The lowest BCUT2D eigenvalue weighted by Gasteiger charge is -2.29. The summed E-state index contributed by atoms with van der Waals surface area (Å²) in [5.41, 5.74) is 4.57. The molecule has 1 aliphatic rings. The van der Waals surface area contributed by atoms with Gasteiger partial charge in [-0.1, -0.05) is 58.1 Å². The average Bonchev–Trinajstić information content (AvgIpc) is 2.88. The number of hydrogen-bond acceptors (Lipinski definition) is 2. The van der Waals surface area contributed by atoms with E-state index in [0.29, 0.717) is 11.5 Å². The van der Waals surface area contributed by atoms with Gasteiger partial charge in [0.25, 0.3) is 0 Å². The highest BCUT2D eigenvalue weighted by atomic mass is 19.4. The van der Waals surface area contributed by atoms with E-state index in [4.69, 9.17) is 0 Å². The number of allylic oxidation sites excluding steroid dienone is 1. The predicted octanol–water partition coefficient (Wildman–Crippen LogP) is 7.82. The van der Waals surface area contributed by atoms with Crippen molar-refractivity contribution in [2.75, 3.05) is 13.6 Å². The monoisotopic (exact) mass is 444 g/mol. The maximum Gasteiger partial charge on any atom is 0.416 e. The molecule has 0 saturated heterocycles. The van der Waals surface area contributed by atoms with E-state index in [9.17, 15) is 13.2 Å². The topological polar surface area (TPSA) is 16.1 Å². The van der Waals surface area contributed by atoms with Gasteiger partial charge in [-0.05, 0) is 72.3 Å². The van der Waals surface area contributed by atoms with Gasteiger partial charge in [0.05, 0.1) is 11.6 Å². The summed E-state index contributed by atoms with van der Waals surface area (Å²) in [6.45, 7) is 7.01. The molecule has 2 atom stereocenters. The third-order valence-electron chi connectivity index (χ3n) is 6.62. The van der Waals surface area contributed by atoms with Crippen molar-refractivity contribution in [1.82, 2.24) is 9.88 Å². The molecule has 2 unspecified atom stereocenters. The molecule has 2 heterocycles. The lowest BCUT2D eigenvalue weighted by Crippen LogP contribution is -2.26. The summed E-state index contributed by atoms with van der Waals surface area (Å²) < 4.78 is 39.7. The van der Waals surface area contributed by atoms with Crippen LogP contribution in [-0.4, -0.2) is 23.5 Å². The number of rotatable bonds is 8. The molecule has 2 nitrogen and oxygen atoms in total. The lowest BCUT2D eigenvalue weighted by atomic mass is 9.85. The van der Waals surface area contributed by atoms with Crippen LogP contribution in [0.1, 0.15) is 86.2 Å². The average molecular weight is 445 g/mol. The Morgan fingerprint density at radius 3 is 2.53 bits per heavy atom. The Morgan fingerprint density at radius 2 is 1.88 bits per heavy atom. The number of likely N-dealkylation sites (N-methyl/N-ethyl adjacent to an activating group) is 1. The number of alkyl halides is 3. The first-order chi connectivity index (χ1) is 15.3. The number of aromatic nitrogens is 1. The van der Waals surface area contributed by atoms with Gasteiger partial charge in [-0.3, -0.25) is 9.88 Å². The maximum atomic E-state index is 13.2. The molecule has 0 amide bonds. The van der Waals surface area contributed by atoms with Gasteiger partial charge in [-0.2, -0.15) is 13.2 Å². The smallest absolute Gasteiger partial charge is 0.292 e. The van der Waals surface area contributed by atoms with E-state index in [0.717, 1.165) is 24.1 Å².